The van der Waals surface area contributed by atoms with Crippen molar-refractivity contribution in [1.82, 2.24) is 10.2 Å². The summed E-state index contributed by atoms with van der Waals surface area (Å²) in [5.74, 6) is 0. The number of ether oxygens (including phenoxy) is 1. The highest BCUT2D eigenvalue weighted by atomic mass is 16.5. The fraction of sp³-hybridized carbons (Fsp3) is 1.00. The Morgan fingerprint density at radius 3 is 2.22 bits per heavy atom. The monoisotopic (exact) mass is 254 g/mol. The van der Waals surface area contributed by atoms with Gasteiger partial charge < -0.3 is 10.1 Å². The molecule has 0 aromatic carbocycles. The molecule has 1 N–H and O–H groups in total. The van der Waals surface area contributed by atoms with Gasteiger partial charge in [-0.25, -0.2) is 0 Å². The van der Waals surface area contributed by atoms with Crippen molar-refractivity contribution >= 4 is 0 Å². The summed E-state index contributed by atoms with van der Waals surface area (Å²) in [5.41, 5.74) is 0.335. The van der Waals surface area contributed by atoms with Crippen LogP contribution < -0.4 is 5.32 Å². The van der Waals surface area contributed by atoms with Crippen LogP contribution in [0.5, 0.6) is 0 Å². The van der Waals surface area contributed by atoms with Gasteiger partial charge >= 0.3 is 0 Å². The first-order valence-electron chi connectivity index (χ1n) is 7.61. The van der Waals surface area contributed by atoms with Crippen molar-refractivity contribution < 1.29 is 4.74 Å². The van der Waals surface area contributed by atoms with Gasteiger partial charge in [-0.05, 0) is 53.4 Å². The summed E-state index contributed by atoms with van der Waals surface area (Å²) in [6.45, 7) is 12.4. The molecule has 1 saturated heterocycles. The summed E-state index contributed by atoms with van der Waals surface area (Å²) in [6, 6.07) is 1.45. The Labute approximate surface area is 112 Å². The van der Waals surface area contributed by atoms with E-state index in [0.29, 0.717) is 17.7 Å². The van der Waals surface area contributed by atoms with Crippen molar-refractivity contribution in [2.24, 2.45) is 0 Å². The SMILES string of the molecule is CCOC1CC(NC2CCN(C(C)(C)C)CC2)C1. The second kappa shape index (κ2) is 5.89. The molecule has 0 unspecified atom stereocenters. The highest BCUT2D eigenvalue weighted by molar-refractivity contribution is 4.91. The van der Waals surface area contributed by atoms with Gasteiger partial charge in [-0.15, -0.1) is 0 Å². The maximum Gasteiger partial charge on any atom is 0.0604 e. The summed E-state index contributed by atoms with van der Waals surface area (Å²) in [6.07, 6.45) is 5.56. The van der Waals surface area contributed by atoms with E-state index in [4.69, 9.17) is 4.74 Å². The van der Waals surface area contributed by atoms with Crippen LogP contribution in [0.4, 0.5) is 0 Å². The van der Waals surface area contributed by atoms with E-state index in [1.807, 2.05) is 0 Å². The van der Waals surface area contributed by atoms with Crippen molar-refractivity contribution in [2.75, 3.05) is 19.7 Å². The number of piperidine rings is 1. The van der Waals surface area contributed by atoms with Crippen LogP contribution in [-0.2, 0) is 4.74 Å². The molecule has 0 spiro atoms. The third-order valence-electron chi connectivity index (χ3n) is 4.41. The van der Waals surface area contributed by atoms with Crippen LogP contribution in [0, 0.1) is 0 Å². The van der Waals surface area contributed by atoms with Crippen LogP contribution in [0.3, 0.4) is 0 Å². The minimum absolute atomic E-state index is 0.335. The Balaban J connectivity index is 1.63. The van der Waals surface area contributed by atoms with Crippen LogP contribution in [-0.4, -0.2) is 48.3 Å². The highest BCUT2D eigenvalue weighted by Crippen LogP contribution is 2.26. The molecule has 2 aliphatic rings. The lowest BCUT2D eigenvalue weighted by molar-refractivity contribution is -0.0155. The molecule has 2 rings (SSSR count). The van der Waals surface area contributed by atoms with Crippen LogP contribution in [0.1, 0.15) is 53.4 Å². The molecule has 0 bridgehead atoms. The lowest BCUT2D eigenvalue weighted by Crippen LogP contribution is -2.54. The maximum atomic E-state index is 5.61. The van der Waals surface area contributed by atoms with Gasteiger partial charge in [0.25, 0.3) is 0 Å². The molecular weight excluding hydrogens is 224 g/mol. The third kappa shape index (κ3) is 3.69. The average Bonchev–Trinajstić information content (AvgIpc) is 2.26. The van der Waals surface area contributed by atoms with Gasteiger partial charge in [-0.2, -0.15) is 0 Å². The fourth-order valence-corrected chi connectivity index (χ4v) is 3.12. The lowest BCUT2D eigenvalue weighted by Gasteiger charge is -2.44. The second-order valence-electron chi connectivity index (χ2n) is 6.84. The summed E-state index contributed by atoms with van der Waals surface area (Å²) in [5, 5.41) is 3.81. The van der Waals surface area contributed by atoms with Crippen LogP contribution in [0.15, 0.2) is 0 Å². The predicted octanol–water partition coefficient (Wildman–Crippen LogP) is 2.41. The van der Waals surface area contributed by atoms with Gasteiger partial charge in [0.1, 0.15) is 0 Å². The molecule has 1 aliphatic heterocycles. The minimum Gasteiger partial charge on any atom is -0.378 e. The van der Waals surface area contributed by atoms with Crippen LogP contribution >= 0.6 is 0 Å². The van der Waals surface area contributed by atoms with Crippen molar-refractivity contribution in [3.05, 3.63) is 0 Å². The van der Waals surface area contributed by atoms with E-state index in [1.54, 1.807) is 0 Å². The standard InChI is InChI=1S/C15H30N2O/c1-5-18-14-10-13(11-14)16-12-6-8-17(9-7-12)15(2,3)4/h12-14,16H,5-11H2,1-4H3. The Bertz CT molecular complexity index is 248. The summed E-state index contributed by atoms with van der Waals surface area (Å²) in [7, 11) is 0. The molecule has 0 atom stereocenters. The number of nitrogens with zero attached hydrogens (tertiary/aromatic N) is 1. The van der Waals surface area contributed by atoms with E-state index in [-0.39, 0.29) is 0 Å². The highest BCUT2D eigenvalue weighted by Gasteiger charge is 2.33. The Kier molecular flexibility index (Phi) is 4.68. The third-order valence-corrected chi connectivity index (χ3v) is 4.41. The van der Waals surface area contributed by atoms with Crippen molar-refractivity contribution in [2.45, 2.75) is 77.1 Å². The molecule has 0 aromatic heterocycles. The van der Waals surface area contributed by atoms with E-state index in [1.165, 1.54) is 38.8 Å². The molecule has 0 radical (unpaired) electrons. The number of hydrogen-bond donors (Lipinski definition) is 1. The van der Waals surface area contributed by atoms with E-state index in [9.17, 15) is 0 Å². The minimum atomic E-state index is 0.335. The normalized spacial score (nSPS) is 31.3. The molecule has 0 amide bonds. The zero-order valence-electron chi connectivity index (χ0n) is 12.5. The topological polar surface area (TPSA) is 24.5 Å². The first-order chi connectivity index (χ1) is 8.49. The van der Waals surface area contributed by atoms with E-state index >= 15 is 0 Å². The number of nitrogens with one attached hydrogen (secondary N) is 1. The molecule has 1 heterocycles. The number of hydrogen-bond acceptors (Lipinski definition) is 3. The first kappa shape index (κ1) is 14.3. The van der Waals surface area contributed by atoms with Crippen molar-refractivity contribution in [3.63, 3.8) is 0 Å². The van der Waals surface area contributed by atoms with Crippen molar-refractivity contribution in [1.29, 1.82) is 0 Å². The molecule has 0 aromatic rings. The van der Waals surface area contributed by atoms with Crippen LogP contribution in [0.25, 0.3) is 0 Å². The second-order valence-corrected chi connectivity index (χ2v) is 6.84. The fourth-order valence-electron chi connectivity index (χ4n) is 3.12. The number of rotatable bonds is 4. The van der Waals surface area contributed by atoms with E-state index < -0.39 is 0 Å². The number of likely N-dealkylation sites (tertiary alicyclic amines) is 1. The molecule has 2 fully saturated rings. The first-order valence-corrected chi connectivity index (χ1v) is 7.61. The Hall–Kier alpha value is -0.120. The quantitative estimate of drug-likeness (QED) is 0.834. The zero-order valence-corrected chi connectivity index (χ0v) is 12.5. The Morgan fingerprint density at radius 2 is 1.72 bits per heavy atom. The van der Waals surface area contributed by atoms with Crippen molar-refractivity contribution in [3.8, 4) is 0 Å². The van der Waals surface area contributed by atoms with Gasteiger partial charge in [0.15, 0.2) is 0 Å². The van der Waals surface area contributed by atoms with Gasteiger partial charge in [0.2, 0.25) is 0 Å². The molecule has 1 aliphatic carbocycles. The van der Waals surface area contributed by atoms with Gasteiger partial charge in [-0.3, -0.25) is 4.90 Å². The molecule has 106 valence electrons. The molecule has 3 heteroatoms. The molecular formula is C15H30N2O. The van der Waals surface area contributed by atoms with E-state index in [2.05, 4.69) is 37.9 Å². The molecule has 3 nitrogen and oxygen atoms in total. The van der Waals surface area contributed by atoms with Gasteiger partial charge in [-0.1, -0.05) is 0 Å². The summed E-state index contributed by atoms with van der Waals surface area (Å²) in [4.78, 5) is 2.61. The maximum absolute atomic E-state index is 5.61. The average molecular weight is 254 g/mol. The van der Waals surface area contributed by atoms with Crippen LogP contribution in [0.2, 0.25) is 0 Å². The summed E-state index contributed by atoms with van der Waals surface area (Å²) >= 11 is 0. The summed E-state index contributed by atoms with van der Waals surface area (Å²) < 4.78 is 5.61. The van der Waals surface area contributed by atoms with Gasteiger partial charge in [0, 0.05) is 37.3 Å². The zero-order chi connectivity index (χ0) is 13.2. The lowest BCUT2D eigenvalue weighted by atomic mass is 9.87. The largest absolute Gasteiger partial charge is 0.378 e. The molecule has 1 saturated carbocycles. The molecule has 18 heavy (non-hydrogen) atoms. The van der Waals surface area contributed by atoms with E-state index in [0.717, 1.165) is 12.6 Å². The smallest absolute Gasteiger partial charge is 0.0604 e. The van der Waals surface area contributed by atoms with Gasteiger partial charge in [0.05, 0.1) is 6.10 Å². The Morgan fingerprint density at radius 1 is 1.11 bits per heavy atom. The predicted molar refractivity (Wildman–Crippen MR) is 75.9 cm³/mol.